The molecule has 0 spiro atoms. The van der Waals surface area contributed by atoms with Crippen LogP contribution in [0.15, 0.2) is 6.20 Å². The smallest absolute Gasteiger partial charge is 0.154 e. The van der Waals surface area contributed by atoms with Crippen molar-refractivity contribution in [2.45, 2.75) is 32.9 Å². The van der Waals surface area contributed by atoms with Crippen molar-refractivity contribution in [2.24, 2.45) is 0 Å². The lowest BCUT2D eigenvalue weighted by molar-refractivity contribution is 0.291. The van der Waals surface area contributed by atoms with E-state index in [4.69, 9.17) is 16.7 Å². The Labute approximate surface area is 119 Å². The van der Waals surface area contributed by atoms with E-state index in [1.165, 1.54) is 0 Å². The van der Waals surface area contributed by atoms with Crippen molar-refractivity contribution in [3.8, 4) is 0 Å². The van der Waals surface area contributed by atoms with Crippen LogP contribution in [0.5, 0.6) is 0 Å². The van der Waals surface area contributed by atoms with Gasteiger partial charge in [-0.1, -0.05) is 18.5 Å². The molecule has 1 aromatic heterocycles. The summed E-state index contributed by atoms with van der Waals surface area (Å²) in [6.45, 7) is 5.30. The summed E-state index contributed by atoms with van der Waals surface area (Å²) >= 11 is 6.02. The van der Waals surface area contributed by atoms with Crippen molar-refractivity contribution in [1.82, 2.24) is 15.3 Å². The average Bonchev–Trinajstić information content (AvgIpc) is 2.32. The molecule has 0 fully saturated rings. The van der Waals surface area contributed by atoms with Gasteiger partial charge < -0.3 is 15.7 Å². The molecule has 1 aromatic rings. The Kier molecular flexibility index (Phi) is 9.01. The van der Waals surface area contributed by atoms with Crippen LogP contribution in [0.1, 0.15) is 26.0 Å². The molecule has 0 saturated heterocycles. The Balaban J connectivity index is 0.00000289. The molecule has 18 heavy (non-hydrogen) atoms. The van der Waals surface area contributed by atoms with Crippen molar-refractivity contribution in [3.05, 3.63) is 17.0 Å². The zero-order chi connectivity index (χ0) is 12.7. The van der Waals surface area contributed by atoms with Crippen LogP contribution in [0.3, 0.4) is 0 Å². The van der Waals surface area contributed by atoms with Crippen molar-refractivity contribution in [1.29, 1.82) is 0 Å². The van der Waals surface area contributed by atoms with E-state index in [0.29, 0.717) is 35.8 Å². The quantitative estimate of drug-likeness (QED) is 0.670. The predicted molar refractivity (Wildman–Crippen MR) is 76.5 cm³/mol. The predicted octanol–water partition coefficient (Wildman–Crippen LogP) is 1.84. The Hall–Kier alpha value is -0.620. The van der Waals surface area contributed by atoms with E-state index in [1.54, 1.807) is 6.20 Å². The van der Waals surface area contributed by atoms with Crippen molar-refractivity contribution < 1.29 is 5.11 Å². The number of nitrogens with one attached hydrogen (secondary N) is 2. The molecule has 104 valence electrons. The molecule has 0 aromatic carbocycles. The minimum absolute atomic E-state index is 0. The maximum Gasteiger partial charge on any atom is 0.154 e. The van der Waals surface area contributed by atoms with Gasteiger partial charge in [-0.15, -0.1) is 12.4 Å². The zero-order valence-electron chi connectivity index (χ0n) is 10.6. The second kappa shape index (κ2) is 9.33. The fourth-order valence-electron chi connectivity index (χ4n) is 1.22. The van der Waals surface area contributed by atoms with Crippen molar-refractivity contribution in [2.75, 3.05) is 18.5 Å². The summed E-state index contributed by atoms with van der Waals surface area (Å²) in [4.78, 5) is 8.47. The standard InChI is InChI=1S/C11H19ClN4O.ClH/c1-3-8(2)15-10-7-14-9(11(12)16-10)6-13-4-5-17;/h7-8,13,17H,3-6H2,1-2H3,(H,15,16);1H. The van der Waals surface area contributed by atoms with E-state index in [0.717, 1.165) is 6.42 Å². The van der Waals surface area contributed by atoms with Gasteiger partial charge in [0.25, 0.3) is 0 Å². The van der Waals surface area contributed by atoms with Crippen LogP contribution in [-0.4, -0.2) is 34.3 Å². The minimum Gasteiger partial charge on any atom is -0.395 e. The van der Waals surface area contributed by atoms with Gasteiger partial charge in [-0.2, -0.15) is 0 Å². The summed E-state index contributed by atoms with van der Waals surface area (Å²) in [5.41, 5.74) is 0.690. The normalized spacial score (nSPS) is 11.8. The fourth-order valence-corrected chi connectivity index (χ4v) is 1.43. The van der Waals surface area contributed by atoms with Crippen LogP contribution in [0, 0.1) is 0 Å². The number of aromatic nitrogens is 2. The fraction of sp³-hybridized carbons (Fsp3) is 0.636. The molecule has 1 heterocycles. The molecular weight excluding hydrogens is 275 g/mol. The van der Waals surface area contributed by atoms with E-state index >= 15 is 0 Å². The number of aliphatic hydroxyl groups is 1. The maximum absolute atomic E-state index is 8.64. The number of rotatable bonds is 7. The number of anilines is 1. The summed E-state index contributed by atoms with van der Waals surface area (Å²) < 4.78 is 0. The summed E-state index contributed by atoms with van der Waals surface area (Å²) in [7, 11) is 0. The second-order valence-corrected chi connectivity index (χ2v) is 4.20. The minimum atomic E-state index is 0. The SMILES string of the molecule is CCC(C)Nc1cnc(CNCCO)c(Cl)n1.Cl. The Morgan fingerprint density at radius 3 is 2.78 bits per heavy atom. The first-order valence-corrected chi connectivity index (χ1v) is 6.14. The van der Waals surface area contributed by atoms with Crippen LogP contribution in [0.25, 0.3) is 0 Å². The van der Waals surface area contributed by atoms with Gasteiger partial charge in [-0.3, -0.25) is 4.98 Å². The lowest BCUT2D eigenvalue weighted by atomic mass is 10.3. The summed E-state index contributed by atoms with van der Waals surface area (Å²) in [5.74, 6) is 0.690. The molecule has 0 aliphatic carbocycles. The second-order valence-electron chi connectivity index (χ2n) is 3.85. The van der Waals surface area contributed by atoms with Crippen LogP contribution < -0.4 is 10.6 Å². The number of aliphatic hydroxyl groups excluding tert-OH is 1. The van der Waals surface area contributed by atoms with Gasteiger partial charge in [0.2, 0.25) is 0 Å². The molecule has 0 saturated carbocycles. The molecule has 0 aliphatic rings. The van der Waals surface area contributed by atoms with Gasteiger partial charge in [0.05, 0.1) is 18.5 Å². The van der Waals surface area contributed by atoms with Gasteiger partial charge in [0, 0.05) is 19.1 Å². The molecule has 0 aliphatic heterocycles. The summed E-state index contributed by atoms with van der Waals surface area (Å²) in [5, 5.41) is 15.2. The average molecular weight is 295 g/mol. The third kappa shape index (κ3) is 5.82. The molecule has 1 rings (SSSR count). The molecule has 7 heteroatoms. The Morgan fingerprint density at radius 2 is 2.22 bits per heavy atom. The van der Waals surface area contributed by atoms with E-state index in [2.05, 4.69) is 34.4 Å². The number of nitrogens with zero attached hydrogens (tertiary/aromatic N) is 2. The molecule has 5 nitrogen and oxygen atoms in total. The van der Waals surface area contributed by atoms with E-state index in [-0.39, 0.29) is 19.0 Å². The van der Waals surface area contributed by atoms with Crippen molar-refractivity contribution in [3.63, 3.8) is 0 Å². The van der Waals surface area contributed by atoms with Gasteiger partial charge in [0.1, 0.15) is 5.82 Å². The van der Waals surface area contributed by atoms with E-state index < -0.39 is 0 Å². The van der Waals surface area contributed by atoms with Gasteiger partial charge in [-0.05, 0) is 13.3 Å². The molecular formula is C11H20Cl2N4O. The molecule has 0 amide bonds. The Morgan fingerprint density at radius 1 is 1.50 bits per heavy atom. The molecule has 0 bridgehead atoms. The monoisotopic (exact) mass is 294 g/mol. The van der Waals surface area contributed by atoms with Gasteiger partial charge in [0.15, 0.2) is 5.15 Å². The Bertz CT molecular complexity index is 352. The molecule has 0 radical (unpaired) electrons. The molecule has 1 unspecified atom stereocenters. The first-order chi connectivity index (χ1) is 8.17. The largest absolute Gasteiger partial charge is 0.395 e. The summed E-state index contributed by atoms with van der Waals surface area (Å²) in [6, 6.07) is 0.346. The molecule has 1 atom stereocenters. The van der Waals surface area contributed by atoms with E-state index in [9.17, 15) is 0 Å². The maximum atomic E-state index is 8.64. The highest BCUT2D eigenvalue weighted by Crippen LogP contribution is 2.14. The van der Waals surface area contributed by atoms with Crippen LogP contribution in [0.2, 0.25) is 5.15 Å². The lowest BCUT2D eigenvalue weighted by Crippen LogP contribution is -2.19. The first kappa shape index (κ1) is 17.4. The third-order valence-corrected chi connectivity index (χ3v) is 2.69. The van der Waals surface area contributed by atoms with E-state index in [1.807, 2.05) is 0 Å². The highest BCUT2D eigenvalue weighted by molar-refractivity contribution is 6.30. The van der Waals surface area contributed by atoms with Crippen molar-refractivity contribution >= 4 is 29.8 Å². The summed E-state index contributed by atoms with van der Waals surface area (Å²) in [6.07, 6.45) is 2.69. The third-order valence-electron chi connectivity index (χ3n) is 2.39. The lowest BCUT2D eigenvalue weighted by Gasteiger charge is -2.12. The van der Waals surface area contributed by atoms with Gasteiger partial charge in [-0.25, -0.2) is 4.98 Å². The van der Waals surface area contributed by atoms with Gasteiger partial charge >= 0.3 is 0 Å². The van der Waals surface area contributed by atoms with Crippen LogP contribution >= 0.6 is 24.0 Å². The molecule has 3 N–H and O–H groups in total. The van der Waals surface area contributed by atoms with Crippen LogP contribution in [0.4, 0.5) is 5.82 Å². The number of hydrogen-bond donors (Lipinski definition) is 3. The number of hydrogen-bond acceptors (Lipinski definition) is 5. The first-order valence-electron chi connectivity index (χ1n) is 5.76. The topological polar surface area (TPSA) is 70.1 Å². The highest BCUT2D eigenvalue weighted by Gasteiger charge is 2.06. The zero-order valence-corrected chi connectivity index (χ0v) is 12.2. The highest BCUT2D eigenvalue weighted by atomic mass is 35.5. The van der Waals surface area contributed by atoms with Crippen LogP contribution in [-0.2, 0) is 6.54 Å². The number of halogens is 2.